The van der Waals surface area contributed by atoms with Gasteiger partial charge in [-0.3, -0.25) is 9.59 Å². The fourth-order valence-electron chi connectivity index (χ4n) is 3.89. The van der Waals surface area contributed by atoms with E-state index in [1.165, 1.54) is 28.2 Å². The van der Waals surface area contributed by atoms with E-state index in [0.717, 1.165) is 55.8 Å². The second kappa shape index (κ2) is 7.53. The van der Waals surface area contributed by atoms with Crippen molar-refractivity contribution in [2.24, 2.45) is 5.92 Å². The highest BCUT2D eigenvalue weighted by Crippen LogP contribution is 2.40. The number of anilines is 1. The second-order valence-electron chi connectivity index (χ2n) is 7.34. The molecule has 1 saturated heterocycles. The Labute approximate surface area is 162 Å². The van der Waals surface area contributed by atoms with Gasteiger partial charge >= 0.3 is 0 Å². The van der Waals surface area contributed by atoms with Crippen LogP contribution < -0.4 is 5.32 Å². The summed E-state index contributed by atoms with van der Waals surface area (Å²) >= 11 is 3.03. The van der Waals surface area contributed by atoms with Gasteiger partial charge in [0, 0.05) is 18.0 Å². The van der Waals surface area contributed by atoms with Crippen molar-refractivity contribution in [3.63, 3.8) is 0 Å². The molecule has 1 aliphatic heterocycles. The molecule has 1 aliphatic carbocycles. The second-order valence-corrected chi connectivity index (χ2v) is 9.39. The molecule has 2 aromatic heterocycles. The Bertz CT molecular complexity index is 804. The Hall–Kier alpha value is -1.66. The maximum Gasteiger partial charge on any atom is 0.266 e. The van der Waals surface area contributed by atoms with Gasteiger partial charge in [0.1, 0.15) is 5.00 Å². The number of rotatable bonds is 3. The van der Waals surface area contributed by atoms with E-state index in [2.05, 4.69) is 12.2 Å². The van der Waals surface area contributed by atoms with Gasteiger partial charge < -0.3 is 10.2 Å². The SMILES string of the molecule is CC1CCc2c(sc(NC(=O)c3cccs3)c2C(=O)N2CCCCC2)C1. The minimum Gasteiger partial charge on any atom is -0.339 e. The first-order valence-corrected chi connectivity index (χ1v) is 11.1. The smallest absolute Gasteiger partial charge is 0.266 e. The number of piperidine rings is 1. The highest BCUT2D eigenvalue weighted by molar-refractivity contribution is 7.17. The molecule has 1 unspecified atom stereocenters. The average Bonchev–Trinajstić information content (AvgIpc) is 3.29. The molecule has 0 bridgehead atoms. The Morgan fingerprint density at radius 1 is 1.23 bits per heavy atom. The molecular weight excluding hydrogens is 364 g/mol. The first-order valence-electron chi connectivity index (χ1n) is 9.42. The van der Waals surface area contributed by atoms with Crippen molar-refractivity contribution in [2.75, 3.05) is 18.4 Å². The molecule has 0 saturated carbocycles. The molecule has 1 N–H and O–H groups in total. The summed E-state index contributed by atoms with van der Waals surface area (Å²) in [6.45, 7) is 3.93. The fraction of sp³-hybridized carbons (Fsp3) is 0.500. The zero-order valence-corrected chi connectivity index (χ0v) is 16.7. The molecule has 2 aromatic rings. The molecule has 26 heavy (non-hydrogen) atoms. The first-order chi connectivity index (χ1) is 12.6. The van der Waals surface area contributed by atoms with Gasteiger partial charge in [-0.25, -0.2) is 0 Å². The zero-order chi connectivity index (χ0) is 18.1. The predicted molar refractivity (Wildman–Crippen MR) is 108 cm³/mol. The van der Waals surface area contributed by atoms with Crippen molar-refractivity contribution in [1.82, 2.24) is 4.90 Å². The van der Waals surface area contributed by atoms with E-state index >= 15 is 0 Å². The van der Waals surface area contributed by atoms with Crippen LogP contribution in [-0.4, -0.2) is 29.8 Å². The number of nitrogens with zero attached hydrogens (tertiary/aromatic N) is 1. The van der Waals surface area contributed by atoms with Gasteiger partial charge in [0.05, 0.1) is 10.4 Å². The van der Waals surface area contributed by atoms with Crippen LogP contribution in [0.5, 0.6) is 0 Å². The quantitative estimate of drug-likeness (QED) is 0.820. The lowest BCUT2D eigenvalue weighted by Gasteiger charge is -2.28. The summed E-state index contributed by atoms with van der Waals surface area (Å²) < 4.78 is 0. The van der Waals surface area contributed by atoms with Gasteiger partial charge in [-0.2, -0.15) is 0 Å². The zero-order valence-electron chi connectivity index (χ0n) is 15.0. The van der Waals surface area contributed by atoms with Crippen LogP contribution >= 0.6 is 22.7 Å². The molecule has 1 atom stereocenters. The third kappa shape index (κ3) is 3.45. The number of carbonyl (C=O) groups is 2. The summed E-state index contributed by atoms with van der Waals surface area (Å²) in [6.07, 6.45) is 6.41. The molecule has 6 heteroatoms. The average molecular weight is 389 g/mol. The minimum atomic E-state index is -0.112. The van der Waals surface area contributed by atoms with Crippen LogP contribution in [-0.2, 0) is 12.8 Å². The summed E-state index contributed by atoms with van der Waals surface area (Å²) in [7, 11) is 0. The number of thiophene rings is 2. The third-order valence-corrected chi connectivity index (χ3v) is 7.38. The van der Waals surface area contributed by atoms with E-state index in [1.807, 2.05) is 22.4 Å². The monoisotopic (exact) mass is 388 g/mol. The first kappa shape index (κ1) is 17.7. The lowest BCUT2D eigenvalue weighted by atomic mass is 9.88. The number of amides is 2. The molecule has 2 aliphatic rings. The molecule has 0 radical (unpaired) electrons. The molecule has 2 amide bonds. The third-order valence-electron chi connectivity index (χ3n) is 5.34. The van der Waals surface area contributed by atoms with E-state index in [1.54, 1.807) is 11.3 Å². The highest BCUT2D eigenvalue weighted by atomic mass is 32.1. The summed E-state index contributed by atoms with van der Waals surface area (Å²) in [5, 5.41) is 5.69. The molecule has 0 spiro atoms. The fourth-order valence-corrected chi connectivity index (χ4v) is 5.91. The van der Waals surface area contributed by atoms with E-state index < -0.39 is 0 Å². The Kier molecular flexibility index (Phi) is 5.14. The standard InChI is InChI=1S/C20H24N2O2S2/c1-13-7-8-14-16(12-13)26-19(21-18(23)15-6-5-11-25-15)17(14)20(24)22-9-3-2-4-10-22/h5-6,11,13H,2-4,7-10,12H2,1H3,(H,21,23). The van der Waals surface area contributed by atoms with E-state index in [-0.39, 0.29) is 11.8 Å². The summed E-state index contributed by atoms with van der Waals surface area (Å²) in [4.78, 5) is 29.8. The highest BCUT2D eigenvalue weighted by Gasteiger charge is 2.31. The van der Waals surface area contributed by atoms with E-state index in [4.69, 9.17) is 0 Å². The van der Waals surface area contributed by atoms with Gasteiger partial charge in [-0.1, -0.05) is 13.0 Å². The Balaban J connectivity index is 1.68. The maximum atomic E-state index is 13.3. The van der Waals surface area contributed by atoms with E-state index in [9.17, 15) is 9.59 Å². The van der Waals surface area contributed by atoms with Gasteiger partial charge in [-0.05, 0) is 61.5 Å². The molecular formula is C20H24N2O2S2. The molecule has 138 valence electrons. The van der Waals surface area contributed by atoms with Gasteiger partial charge in [0.25, 0.3) is 11.8 Å². The Morgan fingerprint density at radius 2 is 2.04 bits per heavy atom. The largest absolute Gasteiger partial charge is 0.339 e. The normalized spacial score (nSPS) is 19.9. The van der Waals surface area contributed by atoms with Crippen LogP contribution in [0.25, 0.3) is 0 Å². The number of fused-ring (bicyclic) bond motifs is 1. The Morgan fingerprint density at radius 3 is 2.77 bits per heavy atom. The molecule has 0 aromatic carbocycles. The molecule has 4 nitrogen and oxygen atoms in total. The van der Waals surface area contributed by atoms with Gasteiger partial charge in [-0.15, -0.1) is 22.7 Å². The van der Waals surface area contributed by atoms with Crippen LogP contribution in [0.3, 0.4) is 0 Å². The molecule has 3 heterocycles. The number of nitrogens with one attached hydrogen (secondary N) is 1. The van der Waals surface area contributed by atoms with Crippen molar-refractivity contribution >= 4 is 39.5 Å². The molecule has 1 fully saturated rings. The van der Waals surface area contributed by atoms with Gasteiger partial charge in [0.15, 0.2) is 0 Å². The van der Waals surface area contributed by atoms with Crippen molar-refractivity contribution in [1.29, 1.82) is 0 Å². The van der Waals surface area contributed by atoms with Crippen LogP contribution in [0.15, 0.2) is 17.5 Å². The van der Waals surface area contributed by atoms with Crippen LogP contribution in [0.4, 0.5) is 5.00 Å². The van der Waals surface area contributed by atoms with Gasteiger partial charge in [0.2, 0.25) is 0 Å². The van der Waals surface area contributed by atoms with Crippen molar-refractivity contribution < 1.29 is 9.59 Å². The van der Waals surface area contributed by atoms with Crippen LogP contribution in [0.1, 0.15) is 63.1 Å². The van der Waals surface area contributed by atoms with E-state index in [0.29, 0.717) is 10.8 Å². The number of hydrogen-bond acceptors (Lipinski definition) is 4. The lowest BCUT2D eigenvalue weighted by Crippen LogP contribution is -2.36. The van der Waals surface area contributed by atoms with Crippen LogP contribution in [0.2, 0.25) is 0 Å². The van der Waals surface area contributed by atoms with Crippen molar-refractivity contribution in [3.8, 4) is 0 Å². The maximum absolute atomic E-state index is 13.3. The minimum absolute atomic E-state index is 0.109. The van der Waals surface area contributed by atoms with Crippen molar-refractivity contribution in [2.45, 2.75) is 45.4 Å². The molecule has 4 rings (SSSR count). The topological polar surface area (TPSA) is 49.4 Å². The number of hydrogen-bond donors (Lipinski definition) is 1. The van der Waals surface area contributed by atoms with Crippen molar-refractivity contribution in [3.05, 3.63) is 38.4 Å². The number of carbonyl (C=O) groups excluding carboxylic acids is 2. The lowest BCUT2D eigenvalue weighted by molar-refractivity contribution is 0.0724. The summed E-state index contributed by atoms with van der Waals surface area (Å²) in [5.74, 6) is 0.637. The number of likely N-dealkylation sites (tertiary alicyclic amines) is 1. The summed E-state index contributed by atoms with van der Waals surface area (Å²) in [5.41, 5.74) is 1.95. The summed E-state index contributed by atoms with van der Waals surface area (Å²) in [6, 6.07) is 3.70. The van der Waals surface area contributed by atoms with Crippen LogP contribution in [0, 0.1) is 5.92 Å². The predicted octanol–water partition coefficient (Wildman–Crippen LogP) is 4.81.